The summed E-state index contributed by atoms with van der Waals surface area (Å²) in [6.45, 7) is 3.02. The number of hydrogen-bond donors (Lipinski definition) is 1. The van der Waals surface area contributed by atoms with Crippen LogP contribution in [0.5, 0.6) is 0 Å². The van der Waals surface area contributed by atoms with Gasteiger partial charge in [-0.3, -0.25) is 9.69 Å². The first-order valence-corrected chi connectivity index (χ1v) is 8.24. The minimum atomic E-state index is -3.27. The molecule has 6 nitrogen and oxygen atoms in total. The van der Waals surface area contributed by atoms with Crippen molar-refractivity contribution in [2.24, 2.45) is 0 Å². The van der Waals surface area contributed by atoms with Crippen molar-refractivity contribution in [2.45, 2.75) is 4.90 Å². The van der Waals surface area contributed by atoms with Gasteiger partial charge in [-0.2, -0.15) is 0 Å². The number of nitrogens with one attached hydrogen (secondary N) is 1. The second kappa shape index (κ2) is 6.34. The molecule has 0 spiro atoms. The van der Waals surface area contributed by atoms with Crippen LogP contribution in [0.3, 0.4) is 0 Å². The van der Waals surface area contributed by atoms with Crippen molar-refractivity contribution in [1.29, 1.82) is 0 Å². The van der Waals surface area contributed by atoms with E-state index < -0.39 is 9.84 Å². The van der Waals surface area contributed by atoms with E-state index in [1.807, 2.05) is 4.90 Å². The molecular weight excluding hydrogens is 280 g/mol. The van der Waals surface area contributed by atoms with E-state index in [0.29, 0.717) is 18.9 Å². The lowest BCUT2D eigenvalue weighted by molar-refractivity contribution is -0.118. The lowest BCUT2D eigenvalue weighted by Crippen LogP contribution is -2.41. The minimum Gasteiger partial charge on any atom is -0.379 e. The monoisotopic (exact) mass is 298 g/mol. The number of amides is 1. The van der Waals surface area contributed by atoms with Crippen LogP contribution in [0.25, 0.3) is 0 Å². The first-order chi connectivity index (χ1) is 9.45. The minimum absolute atomic E-state index is 0.155. The molecule has 0 aromatic heterocycles. The van der Waals surface area contributed by atoms with Gasteiger partial charge >= 0.3 is 0 Å². The predicted octanol–water partition coefficient (Wildman–Crippen LogP) is 0.361. The van der Waals surface area contributed by atoms with Crippen molar-refractivity contribution in [3.05, 3.63) is 24.3 Å². The number of nitrogens with zero attached hydrogens (tertiary/aromatic N) is 1. The molecule has 2 rings (SSSR count). The van der Waals surface area contributed by atoms with E-state index in [9.17, 15) is 13.2 Å². The molecule has 0 bridgehead atoms. The zero-order valence-corrected chi connectivity index (χ0v) is 12.1. The van der Waals surface area contributed by atoms with E-state index in [2.05, 4.69) is 5.32 Å². The number of sulfone groups is 1. The number of anilines is 1. The Kier molecular flexibility index (Phi) is 4.74. The van der Waals surface area contributed by atoms with Gasteiger partial charge < -0.3 is 10.1 Å². The van der Waals surface area contributed by atoms with E-state index >= 15 is 0 Å². The molecule has 0 atom stereocenters. The topological polar surface area (TPSA) is 75.7 Å². The van der Waals surface area contributed by atoms with Gasteiger partial charge in [0.05, 0.1) is 24.7 Å². The van der Waals surface area contributed by atoms with Crippen molar-refractivity contribution >= 4 is 21.4 Å². The average Bonchev–Trinajstić information content (AvgIpc) is 2.39. The lowest BCUT2D eigenvalue weighted by atomic mass is 10.3. The lowest BCUT2D eigenvalue weighted by Gasteiger charge is -2.25. The summed E-state index contributed by atoms with van der Waals surface area (Å²) < 4.78 is 28.1. The summed E-state index contributed by atoms with van der Waals surface area (Å²) in [5.41, 5.74) is 0.492. The van der Waals surface area contributed by atoms with Crippen LogP contribution in [-0.4, -0.2) is 58.3 Å². The summed E-state index contributed by atoms with van der Waals surface area (Å²) in [4.78, 5) is 14.1. The van der Waals surface area contributed by atoms with Crippen molar-refractivity contribution in [1.82, 2.24) is 4.90 Å². The van der Waals surface area contributed by atoms with Gasteiger partial charge in [-0.1, -0.05) is 6.07 Å². The maximum absolute atomic E-state index is 11.9. The fraction of sp³-hybridized carbons (Fsp3) is 0.462. The number of carbonyl (C=O) groups excluding carboxylic acids is 1. The number of ether oxygens (including phenoxy) is 1. The zero-order valence-electron chi connectivity index (χ0n) is 11.3. The fourth-order valence-corrected chi connectivity index (χ4v) is 2.63. The molecule has 1 aliphatic heterocycles. The van der Waals surface area contributed by atoms with Crippen LogP contribution in [0.15, 0.2) is 29.2 Å². The Labute approximate surface area is 118 Å². The molecular formula is C13H18N2O4S. The number of hydrogen-bond acceptors (Lipinski definition) is 5. The molecule has 110 valence electrons. The highest BCUT2D eigenvalue weighted by molar-refractivity contribution is 7.90. The molecule has 1 aliphatic rings. The molecule has 1 saturated heterocycles. The standard InChI is InChI=1S/C13H18N2O4S/c1-20(17,18)12-4-2-3-11(9-12)14-13(16)10-15-5-7-19-8-6-15/h2-4,9H,5-8,10H2,1H3,(H,14,16). The quantitative estimate of drug-likeness (QED) is 0.868. The van der Waals surface area contributed by atoms with Gasteiger partial charge in [0.1, 0.15) is 0 Å². The maximum atomic E-state index is 11.9. The predicted molar refractivity (Wildman–Crippen MR) is 75.4 cm³/mol. The largest absolute Gasteiger partial charge is 0.379 e. The third kappa shape index (κ3) is 4.29. The van der Waals surface area contributed by atoms with Gasteiger partial charge in [0.2, 0.25) is 5.91 Å². The van der Waals surface area contributed by atoms with Gasteiger partial charge in [-0.25, -0.2) is 8.42 Å². The Morgan fingerprint density at radius 3 is 2.70 bits per heavy atom. The molecule has 20 heavy (non-hydrogen) atoms. The van der Waals surface area contributed by atoms with Crippen LogP contribution in [-0.2, 0) is 19.4 Å². The molecule has 0 aliphatic carbocycles. The fourth-order valence-electron chi connectivity index (χ4n) is 1.97. The Hall–Kier alpha value is -1.44. The highest BCUT2D eigenvalue weighted by atomic mass is 32.2. The first kappa shape index (κ1) is 15.0. The van der Waals surface area contributed by atoms with Crippen LogP contribution in [0.1, 0.15) is 0 Å². The van der Waals surface area contributed by atoms with Gasteiger partial charge in [-0.15, -0.1) is 0 Å². The summed E-state index contributed by atoms with van der Waals surface area (Å²) >= 11 is 0. The normalized spacial score (nSPS) is 16.9. The summed E-state index contributed by atoms with van der Waals surface area (Å²) in [7, 11) is -3.27. The molecule has 1 aromatic carbocycles. The molecule has 1 aromatic rings. The van der Waals surface area contributed by atoms with Gasteiger partial charge in [0.25, 0.3) is 0 Å². The van der Waals surface area contributed by atoms with Gasteiger partial charge in [0.15, 0.2) is 9.84 Å². The van der Waals surface area contributed by atoms with E-state index in [4.69, 9.17) is 4.74 Å². The number of carbonyl (C=O) groups is 1. The highest BCUT2D eigenvalue weighted by Gasteiger charge is 2.14. The van der Waals surface area contributed by atoms with E-state index in [1.54, 1.807) is 12.1 Å². The van der Waals surface area contributed by atoms with E-state index in [0.717, 1.165) is 19.3 Å². The van der Waals surface area contributed by atoms with Crippen LogP contribution >= 0.6 is 0 Å². The molecule has 1 amide bonds. The smallest absolute Gasteiger partial charge is 0.238 e. The Morgan fingerprint density at radius 2 is 2.05 bits per heavy atom. The summed E-state index contributed by atoms with van der Waals surface area (Å²) in [6.07, 6.45) is 1.14. The molecule has 1 N–H and O–H groups in total. The van der Waals surface area contributed by atoms with Crippen molar-refractivity contribution in [3.8, 4) is 0 Å². The Balaban J connectivity index is 1.97. The third-order valence-electron chi connectivity index (χ3n) is 3.02. The van der Waals surface area contributed by atoms with Crippen molar-refractivity contribution in [2.75, 3.05) is 44.4 Å². The average molecular weight is 298 g/mol. The molecule has 0 unspecified atom stereocenters. The summed E-state index contributed by atoms with van der Waals surface area (Å²) in [5, 5.41) is 2.72. The SMILES string of the molecule is CS(=O)(=O)c1cccc(NC(=O)CN2CCOCC2)c1. The van der Waals surface area contributed by atoms with Crippen LogP contribution in [0.4, 0.5) is 5.69 Å². The summed E-state index contributed by atoms with van der Waals surface area (Å²) in [5.74, 6) is -0.155. The maximum Gasteiger partial charge on any atom is 0.238 e. The molecule has 1 heterocycles. The van der Waals surface area contributed by atoms with Crippen LogP contribution in [0.2, 0.25) is 0 Å². The molecule has 0 saturated carbocycles. The van der Waals surface area contributed by atoms with Gasteiger partial charge in [-0.05, 0) is 18.2 Å². The van der Waals surface area contributed by atoms with Crippen LogP contribution in [0, 0.1) is 0 Å². The number of rotatable bonds is 4. The molecule has 0 radical (unpaired) electrons. The van der Waals surface area contributed by atoms with E-state index in [1.165, 1.54) is 12.1 Å². The third-order valence-corrected chi connectivity index (χ3v) is 4.13. The molecule has 1 fully saturated rings. The number of morpholine rings is 1. The van der Waals surface area contributed by atoms with Gasteiger partial charge in [0, 0.05) is 25.0 Å². The Morgan fingerprint density at radius 1 is 1.35 bits per heavy atom. The second-order valence-electron chi connectivity index (χ2n) is 4.74. The van der Waals surface area contributed by atoms with E-state index in [-0.39, 0.29) is 17.3 Å². The zero-order chi connectivity index (χ0) is 14.6. The summed E-state index contributed by atoms with van der Waals surface area (Å²) in [6, 6.07) is 6.26. The van der Waals surface area contributed by atoms with Crippen molar-refractivity contribution in [3.63, 3.8) is 0 Å². The van der Waals surface area contributed by atoms with Crippen molar-refractivity contribution < 1.29 is 17.9 Å². The number of benzene rings is 1. The Bertz CT molecular complexity index is 580. The highest BCUT2D eigenvalue weighted by Crippen LogP contribution is 2.15. The first-order valence-electron chi connectivity index (χ1n) is 6.35. The van der Waals surface area contributed by atoms with Crippen LogP contribution < -0.4 is 5.32 Å². The second-order valence-corrected chi connectivity index (χ2v) is 6.75. The molecule has 7 heteroatoms.